The summed E-state index contributed by atoms with van der Waals surface area (Å²) in [6.07, 6.45) is 2.57. The van der Waals surface area contributed by atoms with Gasteiger partial charge >= 0.3 is 0 Å². The van der Waals surface area contributed by atoms with Gasteiger partial charge in [0, 0.05) is 6.54 Å². The van der Waals surface area contributed by atoms with Crippen LogP contribution in [0.15, 0.2) is 35.5 Å². The maximum Gasteiger partial charge on any atom is 0.267 e. The molecule has 0 aliphatic rings. The molecule has 9 heteroatoms. The highest BCUT2D eigenvalue weighted by atomic mass is 32.2. The highest BCUT2D eigenvalue weighted by Crippen LogP contribution is 2.18. The van der Waals surface area contributed by atoms with E-state index in [9.17, 15) is 12.8 Å². The Hall–Kier alpha value is -2.13. The average molecular weight is 297 g/mol. The predicted octanol–water partition coefficient (Wildman–Crippen LogP) is 0.531. The molecule has 0 amide bonds. The summed E-state index contributed by atoms with van der Waals surface area (Å²) in [4.78, 5) is 3.22. The van der Waals surface area contributed by atoms with Gasteiger partial charge in [-0.25, -0.2) is 22.5 Å². The lowest BCUT2D eigenvalue weighted by Crippen LogP contribution is -2.17. The average Bonchev–Trinajstić information content (AvgIpc) is 2.42. The van der Waals surface area contributed by atoms with Crippen molar-refractivity contribution in [2.75, 3.05) is 11.8 Å². The fraction of sp³-hybridized carbons (Fsp3) is 0.182. The summed E-state index contributed by atoms with van der Waals surface area (Å²) >= 11 is 0. The van der Waals surface area contributed by atoms with E-state index >= 15 is 0 Å². The second-order valence-corrected chi connectivity index (χ2v) is 5.52. The summed E-state index contributed by atoms with van der Waals surface area (Å²) in [6, 6.07) is 3.86. The van der Waals surface area contributed by atoms with Crippen LogP contribution >= 0.6 is 0 Å². The van der Waals surface area contributed by atoms with Crippen LogP contribution in [-0.2, 0) is 16.6 Å². The molecule has 7 nitrogen and oxygen atoms in total. The number of sulfonamides is 1. The van der Waals surface area contributed by atoms with E-state index < -0.39 is 20.7 Å². The molecule has 106 valence electrons. The number of halogens is 1. The van der Waals surface area contributed by atoms with Gasteiger partial charge in [-0.2, -0.15) is 5.10 Å². The fourth-order valence-electron chi connectivity index (χ4n) is 1.54. The number of nitrogens with zero attached hydrogens (tertiary/aromatic N) is 3. The first-order valence-electron chi connectivity index (χ1n) is 5.62. The highest BCUT2D eigenvalue weighted by Gasteiger charge is 2.20. The van der Waals surface area contributed by atoms with Crippen molar-refractivity contribution in [3.05, 3.63) is 42.0 Å². The van der Waals surface area contributed by atoms with E-state index in [2.05, 4.69) is 25.2 Å². The van der Waals surface area contributed by atoms with Crippen LogP contribution in [-0.4, -0.2) is 30.6 Å². The van der Waals surface area contributed by atoms with E-state index in [0.717, 1.165) is 6.07 Å². The molecule has 1 aromatic heterocycles. The zero-order valence-electron chi connectivity index (χ0n) is 10.5. The van der Waals surface area contributed by atoms with Crippen LogP contribution in [0.25, 0.3) is 0 Å². The molecule has 0 radical (unpaired) electrons. The molecule has 0 saturated carbocycles. The standard InChI is InChI=1S/C11H12FN5O2S/c1-13-7-8-2-3-9(12)10(6-8)20(18,19)17-11-14-4-5-15-16-11/h2-6,13H,7H2,1H3,(H,14,16,17). The smallest absolute Gasteiger partial charge is 0.267 e. The molecule has 20 heavy (non-hydrogen) atoms. The van der Waals surface area contributed by atoms with E-state index in [1.54, 1.807) is 7.05 Å². The highest BCUT2D eigenvalue weighted by molar-refractivity contribution is 7.92. The normalized spacial score (nSPS) is 11.3. The van der Waals surface area contributed by atoms with Gasteiger partial charge in [0.15, 0.2) is 0 Å². The Balaban J connectivity index is 2.36. The van der Waals surface area contributed by atoms with Crippen molar-refractivity contribution >= 4 is 16.0 Å². The summed E-state index contributed by atoms with van der Waals surface area (Å²) in [5.74, 6) is -1.06. The van der Waals surface area contributed by atoms with Gasteiger partial charge in [0.1, 0.15) is 10.7 Å². The van der Waals surface area contributed by atoms with Crippen LogP contribution in [0.4, 0.5) is 10.3 Å². The van der Waals surface area contributed by atoms with Crippen LogP contribution in [0.5, 0.6) is 0 Å². The van der Waals surface area contributed by atoms with Gasteiger partial charge < -0.3 is 5.32 Å². The van der Waals surface area contributed by atoms with Crippen molar-refractivity contribution in [3.8, 4) is 0 Å². The Morgan fingerprint density at radius 1 is 1.30 bits per heavy atom. The second-order valence-electron chi connectivity index (χ2n) is 3.87. The van der Waals surface area contributed by atoms with Crippen molar-refractivity contribution in [3.63, 3.8) is 0 Å². The number of aromatic nitrogens is 3. The molecule has 0 aliphatic carbocycles. The molecule has 2 rings (SSSR count). The summed E-state index contributed by atoms with van der Waals surface area (Å²) < 4.78 is 40.0. The van der Waals surface area contributed by atoms with Crippen molar-refractivity contribution in [2.24, 2.45) is 0 Å². The molecule has 1 aromatic carbocycles. The largest absolute Gasteiger partial charge is 0.316 e. The molecule has 2 N–H and O–H groups in total. The molecule has 0 saturated heterocycles. The molecule has 0 aliphatic heterocycles. The van der Waals surface area contributed by atoms with Crippen molar-refractivity contribution in [1.82, 2.24) is 20.5 Å². The summed E-state index contributed by atoms with van der Waals surface area (Å²) in [5, 5.41) is 9.84. The van der Waals surface area contributed by atoms with Crippen LogP contribution in [0, 0.1) is 5.82 Å². The van der Waals surface area contributed by atoms with Gasteiger partial charge in [-0.1, -0.05) is 6.07 Å². The zero-order chi connectivity index (χ0) is 14.6. The fourth-order valence-corrected chi connectivity index (χ4v) is 2.61. The zero-order valence-corrected chi connectivity index (χ0v) is 11.4. The molecular formula is C11H12FN5O2S. The third kappa shape index (κ3) is 3.25. The maximum absolute atomic E-state index is 13.7. The first-order valence-corrected chi connectivity index (χ1v) is 7.11. The third-order valence-corrected chi connectivity index (χ3v) is 3.72. The quantitative estimate of drug-likeness (QED) is 0.835. The first-order chi connectivity index (χ1) is 9.53. The van der Waals surface area contributed by atoms with Crippen LogP contribution in [0.1, 0.15) is 5.56 Å². The summed E-state index contributed by atoms with van der Waals surface area (Å²) in [5.41, 5.74) is 0.640. The van der Waals surface area contributed by atoms with Crippen LogP contribution in [0.3, 0.4) is 0 Å². The number of hydrogen-bond acceptors (Lipinski definition) is 6. The van der Waals surface area contributed by atoms with E-state index in [4.69, 9.17) is 0 Å². The topological polar surface area (TPSA) is 96.9 Å². The Morgan fingerprint density at radius 2 is 2.10 bits per heavy atom. The van der Waals surface area contributed by atoms with E-state index in [0.29, 0.717) is 12.1 Å². The molecule has 0 bridgehead atoms. The third-order valence-electron chi connectivity index (χ3n) is 2.37. The Bertz CT molecular complexity index is 693. The number of nitrogens with one attached hydrogen (secondary N) is 2. The first kappa shape index (κ1) is 14.3. The van der Waals surface area contributed by atoms with E-state index in [-0.39, 0.29) is 5.95 Å². The Labute approximate surface area is 115 Å². The Kier molecular flexibility index (Phi) is 4.20. The van der Waals surface area contributed by atoms with Crippen molar-refractivity contribution in [2.45, 2.75) is 11.4 Å². The number of hydrogen-bond donors (Lipinski definition) is 2. The van der Waals surface area contributed by atoms with Gasteiger partial charge in [-0.15, -0.1) is 5.10 Å². The number of benzene rings is 1. The molecule has 0 atom stereocenters. The minimum atomic E-state index is -4.10. The van der Waals surface area contributed by atoms with Crippen LogP contribution in [0.2, 0.25) is 0 Å². The van der Waals surface area contributed by atoms with Gasteiger partial charge in [-0.05, 0) is 24.7 Å². The lowest BCUT2D eigenvalue weighted by Gasteiger charge is -2.08. The van der Waals surface area contributed by atoms with E-state index in [1.807, 2.05) is 0 Å². The minimum absolute atomic E-state index is 0.217. The lowest BCUT2D eigenvalue weighted by atomic mass is 10.2. The minimum Gasteiger partial charge on any atom is -0.316 e. The lowest BCUT2D eigenvalue weighted by molar-refractivity contribution is 0.568. The predicted molar refractivity (Wildman–Crippen MR) is 69.8 cm³/mol. The number of rotatable bonds is 5. The molecule has 1 heterocycles. The summed E-state index contributed by atoms with van der Waals surface area (Å²) in [6.45, 7) is 0.423. The summed E-state index contributed by atoms with van der Waals surface area (Å²) in [7, 11) is -2.39. The molecule has 0 spiro atoms. The van der Waals surface area contributed by atoms with Gasteiger partial charge in [-0.3, -0.25) is 0 Å². The van der Waals surface area contributed by atoms with Crippen molar-refractivity contribution in [1.29, 1.82) is 0 Å². The van der Waals surface area contributed by atoms with Crippen molar-refractivity contribution < 1.29 is 12.8 Å². The van der Waals surface area contributed by atoms with Gasteiger partial charge in [0.25, 0.3) is 16.0 Å². The SMILES string of the molecule is CNCc1ccc(F)c(S(=O)(=O)Nc2nccnn2)c1. The molecule has 2 aromatic rings. The molecular weight excluding hydrogens is 285 g/mol. The second kappa shape index (κ2) is 5.88. The molecule has 0 unspecified atom stereocenters. The van der Waals surface area contributed by atoms with Crippen LogP contribution < -0.4 is 10.0 Å². The van der Waals surface area contributed by atoms with E-state index in [1.165, 1.54) is 24.5 Å². The number of anilines is 1. The maximum atomic E-state index is 13.7. The monoisotopic (exact) mass is 297 g/mol. The van der Waals surface area contributed by atoms with Gasteiger partial charge in [0.2, 0.25) is 0 Å². The Morgan fingerprint density at radius 3 is 2.75 bits per heavy atom. The van der Waals surface area contributed by atoms with Gasteiger partial charge in [0.05, 0.1) is 12.4 Å². The molecule has 0 fully saturated rings.